The van der Waals surface area contributed by atoms with Crippen molar-refractivity contribution in [2.75, 3.05) is 13.1 Å². The molecule has 3 aromatic carbocycles. The van der Waals surface area contributed by atoms with Gasteiger partial charge in [0.05, 0.1) is 6.04 Å². The Labute approximate surface area is 192 Å². The highest BCUT2D eigenvalue weighted by Gasteiger charge is 2.29. The van der Waals surface area contributed by atoms with Crippen molar-refractivity contribution >= 4 is 23.4 Å². The molecule has 1 fully saturated rings. The van der Waals surface area contributed by atoms with Gasteiger partial charge >= 0.3 is 0 Å². The summed E-state index contributed by atoms with van der Waals surface area (Å²) in [7, 11) is 0. The van der Waals surface area contributed by atoms with Crippen molar-refractivity contribution in [1.82, 2.24) is 10.2 Å². The summed E-state index contributed by atoms with van der Waals surface area (Å²) in [6.45, 7) is 0.975. The number of carbonyl (C=O) groups excluding carboxylic acids is 2. The average molecular weight is 451 g/mol. The van der Waals surface area contributed by atoms with Crippen molar-refractivity contribution in [2.24, 2.45) is 5.92 Å². The van der Waals surface area contributed by atoms with Crippen molar-refractivity contribution in [1.29, 1.82) is 0 Å². The fourth-order valence-electron chi connectivity index (χ4n) is 4.07. The van der Waals surface area contributed by atoms with Crippen molar-refractivity contribution in [2.45, 2.75) is 18.9 Å². The van der Waals surface area contributed by atoms with Gasteiger partial charge in [0.15, 0.2) is 0 Å². The van der Waals surface area contributed by atoms with E-state index in [9.17, 15) is 14.0 Å². The monoisotopic (exact) mass is 450 g/mol. The third-order valence-corrected chi connectivity index (χ3v) is 6.08. The zero-order valence-electron chi connectivity index (χ0n) is 17.5. The number of benzene rings is 3. The van der Waals surface area contributed by atoms with Crippen LogP contribution in [-0.2, 0) is 4.79 Å². The molecule has 1 heterocycles. The molecular weight excluding hydrogens is 427 g/mol. The van der Waals surface area contributed by atoms with E-state index in [2.05, 4.69) is 5.32 Å². The summed E-state index contributed by atoms with van der Waals surface area (Å²) in [6, 6.07) is 22.5. The van der Waals surface area contributed by atoms with Crippen LogP contribution < -0.4 is 5.32 Å². The molecule has 1 aliphatic heterocycles. The molecule has 1 N–H and O–H groups in total. The second kappa shape index (κ2) is 9.96. The minimum absolute atomic E-state index is 0.0345. The topological polar surface area (TPSA) is 49.4 Å². The highest BCUT2D eigenvalue weighted by atomic mass is 35.5. The summed E-state index contributed by atoms with van der Waals surface area (Å²) in [5.41, 5.74) is 2.35. The van der Waals surface area contributed by atoms with Crippen LogP contribution in [0.5, 0.6) is 0 Å². The van der Waals surface area contributed by atoms with Crippen molar-refractivity contribution in [3.05, 3.63) is 106 Å². The van der Waals surface area contributed by atoms with Crippen molar-refractivity contribution < 1.29 is 14.0 Å². The Morgan fingerprint density at radius 2 is 1.56 bits per heavy atom. The van der Waals surface area contributed by atoms with Crippen LogP contribution in [0, 0.1) is 11.7 Å². The van der Waals surface area contributed by atoms with E-state index in [1.165, 1.54) is 24.3 Å². The SMILES string of the molecule is O=C(NC(c1ccccc1)c1cccc(Cl)c1)C1CCN(C(=O)c2ccc(F)cc2)CC1. The number of amides is 2. The van der Waals surface area contributed by atoms with Gasteiger partial charge in [-0.3, -0.25) is 9.59 Å². The number of nitrogens with zero attached hydrogens (tertiary/aromatic N) is 1. The van der Waals surface area contributed by atoms with Crippen LogP contribution in [0.25, 0.3) is 0 Å². The van der Waals surface area contributed by atoms with Gasteiger partial charge in [-0.05, 0) is 60.4 Å². The smallest absolute Gasteiger partial charge is 0.253 e. The highest BCUT2D eigenvalue weighted by Crippen LogP contribution is 2.26. The average Bonchev–Trinajstić information content (AvgIpc) is 2.83. The van der Waals surface area contributed by atoms with E-state index in [4.69, 9.17) is 11.6 Å². The van der Waals surface area contributed by atoms with Crippen LogP contribution >= 0.6 is 11.6 Å². The van der Waals surface area contributed by atoms with Gasteiger partial charge in [0.25, 0.3) is 5.91 Å². The number of rotatable bonds is 5. The van der Waals surface area contributed by atoms with E-state index in [1.54, 1.807) is 4.90 Å². The molecule has 1 saturated heterocycles. The number of halogens is 2. The largest absolute Gasteiger partial charge is 0.345 e. The number of carbonyl (C=O) groups is 2. The van der Waals surface area contributed by atoms with Gasteiger partial charge in [0.2, 0.25) is 5.91 Å². The first-order chi connectivity index (χ1) is 15.5. The number of hydrogen-bond donors (Lipinski definition) is 1. The zero-order valence-corrected chi connectivity index (χ0v) is 18.3. The van der Waals surface area contributed by atoms with Crippen LogP contribution in [0.1, 0.15) is 40.4 Å². The molecule has 0 aliphatic carbocycles. The van der Waals surface area contributed by atoms with Crippen LogP contribution in [0.4, 0.5) is 4.39 Å². The Kier molecular flexibility index (Phi) is 6.86. The lowest BCUT2D eigenvalue weighted by molar-refractivity contribution is -0.126. The summed E-state index contributed by atoms with van der Waals surface area (Å²) < 4.78 is 13.1. The fourth-order valence-corrected chi connectivity index (χ4v) is 4.27. The predicted octanol–water partition coefficient (Wildman–Crippen LogP) is 5.24. The summed E-state index contributed by atoms with van der Waals surface area (Å²) in [5, 5.41) is 3.80. The quantitative estimate of drug-likeness (QED) is 0.578. The number of piperidine rings is 1. The maximum Gasteiger partial charge on any atom is 0.253 e. The van der Waals surface area contributed by atoms with E-state index in [-0.39, 0.29) is 29.6 Å². The molecule has 2 amide bonds. The molecule has 6 heteroatoms. The molecule has 0 aromatic heterocycles. The Hall–Kier alpha value is -3.18. The van der Waals surface area contributed by atoms with Crippen molar-refractivity contribution in [3.63, 3.8) is 0 Å². The third kappa shape index (κ3) is 5.17. The normalized spacial score (nSPS) is 15.2. The maximum absolute atomic E-state index is 13.1. The second-order valence-electron chi connectivity index (χ2n) is 7.98. The number of hydrogen-bond acceptors (Lipinski definition) is 2. The minimum atomic E-state index is -0.371. The Morgan fingerprint density at radius 1 is 0.906 bits per heavy atom. The molecule has 32 heavy (non-hydrogen) atoms. The standard InChI is InChI=1S/C26H24ClFN2O2/c27-22-8-4-7-21(17-22)24(18-5-2-1-3-6-18)29-25(31)19-13-15-30(16-14-19)26(32)20-9-11-23(28)12-10-20/h1-12,17,19,24H,13-16H2,(H,29,31). The van der Waals surface area contributed by atoms with Crippen molar-refractivity contribution in [3.8, 4) is 0 Å². The van der Waals surface area contributed by atoms with Gasteiger partial charge in [-0.25, -0.2) is 4.39 Å². The lowest BCUT2D eigenvalue weighted by atomic mass is 9.93. The summed E-state index contributed by atoms with van der Waals surface area (Å²) >= 11 is 6.20. The van der Waals surface area contributed by atoms with Gasteiger partial charge in [0.1, 0.15) is 5.82 Å². The van der Waals surface area contributed by atoms with E-state index >= 15 is 0 Å². The Bertz CT molecular complexity index is 1080. The van der Waals surface area contributed by atoms with Gasteiger partial charge in [-0.15, -0.1) is 0 Å². The van der Waals surface area contributed by atoms with E-state index < -0.39 is 0 Å². The molecule has 0 saturated carbocycles. The van der Waals surface area contributed by atoms with E-state index in [1.807, 2.05) is 54.6 Å². The van der Waals surface area contributed by atoms with E-state index in [0.29, 0.717) is 36.5 Å². The molecule has 1 atom stereocenters. The van der Waals surface area contributed by atoms with Crippen LogP contribution in [0.15, 0.2) is 78.9 Å². The molecule has 0 bridgehead atoms. The van der Waals surface area contributed by atoms with Crippen LogP contribution in [-0.4, -0.2) is 29.8 Å². The Morgan fingerprint density at radius 3 is 2.22 bits per heavy atom. The zero-order chi connectivity index (χ0) is 22.5. The summed E-state index contributed by atoms with van der Waals surface area (Å²) in [4.78, 5) is 27.5. The molecule has 4 nitrogen and oxygen atoms in total. The molecule has 0 radical (unpaired) electrons. The number of likely N-dealkylation sites (tertiary alicyclic amines) is 1. The second-order valence-corrected chi connectivity index (χ2v) is 8.42. The first-order valence-corrected chi connectivity index (χ1v) is 11.0. The first kappa shape index (κ1) is 22.0. The summed E-state index contributed by atoms with van der Waals surface area (Å²) in [5.74, 6) is -0.722. The lowest BCUT2D eigenvalue weighted by Gasteiger charge is -2.32. The molecular formula is C26H24ClFN2O2. The first-order valence-electron chi connectivity index (χ1n) is 10.7. The molecule has 4 rings (SSSR count). The predicted molar refractivity (Wildman–Crippen MR) is 123 cm³/mol. The highest BCUT2D eigenvalue weighted by molar-refractivity contribution is 6.30. The number of nitrogens with one attached hydrogen (secondary N) is 1. The Balaban J connectivity index is 1.42. The van der Waals surface area contributed by atoms with Gasteiger partial charge in [-0.1, -0.05) is 54.1 Å². The molecule has 3 aromatic rings. The van der Waals surface area contributed by atoms with Gasteiger partial charge in [-0.2, -0.15) is 0 Å². The third-order valence-electron chi connectivity index (χ3n) is 5.85. The van der Waals surface area contributed by atoms with Crippen LogP contribution in [0.2, 0.25) is 5.02 Å². The maximum atomic E-state index is 13.1. The van der Waals surface area contributed by atoms with Gasteiger partial charge in [0, 0.05) is 29.6 Å². The lowest BCUT2D eigenvalue weighted by Crippen LogP contribution is -2.43. The van der Waals surface area contributed by atoms with Crippen LogP contribution in [0.3, 0.4) is 0 Å². The summed E-state index contributed by atoms with van der Waals surface area (Å²) in [6.07, 6.45) is 1.16. The molecule has 0 spiro atoms. The molecule has 1 unspecified atom stereocenters. The van der Waals surface area contributed by atoms with Gasteiger partial charge < -0.3 is 10.2 Å². The molecule has 164 valence electrons. The molecule has 1 aliphatic rings. The minimum Gasteiger partial charge on any atom is -0.345 e. The fraction of sp³-hybridized carbons (Fsp3) is 0.231. The van der Waals surface area contributed by atoms with E-state index in [0.717, 1.165) is 11.1 Å².